The van der Waals surface area contributed by atoms with Gasteiger partial charge in [0.1, 0.15) is 17.7 Å². The zero-order valence-electron chi connectivity index (χ0n) is 18.4. The molecule has 0 unspecified atom stereocenters. The Kier molecular flexibility index (Phi) is 7.26. The molecular formula is C28H27N3. The van der Waals surface area contributed by atoms with E-state index in [2.05, 4.69) is 111 Å². The van der Waals surface area contributed by atoms with Gasteiger partial charge in [-0.25, -0.2) is 0 Å². The highest BCUT2D eigenvalue weighted by atomic mass is 15.1. The molecule has 31 heavy (non-hydrogen) atoms. The molecule has 3 aromatic rings. The van der Waals surface area contributed by atoms with Crippen LogP contribution in [0.5, 0.6) is 0 Å². The molecule has 0 atom stereocenters. The maximum Gasteiger partial charge on any atom is 0.149 e. The second kappa shape index (κ2) is 10.3. The van der Waals surface area contributed by atoms with Gasteiger partial charge in [-0.2, -0.15) is 10.5 Å². The van der Waals surface area contributed by atoms with Crippen LogP contribution in [0.1, 0.15) is 33.4 Å². The average molecular weight is 406 g/mol. The van der Waals surface area contributed by atoms with Crippen molar-refractivity contribution in [2.24, 2.45) is 0 Å². The number of nitrogens with zero attached hydrogens (tertiary/aromatic N) is 3. The number of allylic oxidation sites excluding steroid dienone is 2. The van der Waals surface area contributed by atoms with E-state index in [1.54, 1.807) is 0 Å². The number of hydrogen-bond acceptors (Lipinski definition) is 3. The van der Waals surface area contributed by atoms with Gasteiger partial charge in [-0.1, -0.05) is 89.5 Å². The lowest BCUT2D eigenvalue weighted by molar-refractivity contribution is 0.320. The molecule has 0 amide bonds. The van der Waals surface area contributed by atoms with Crippen molar-refractivity contribution in [3.8, 4) is 12.1 Å². The van der Waals surface area contributed by atoms with Gasteiger partial charge in [-0.05, 0) is 37.5 Å². The molecule has 3 heteroatoms. The van der Waals surface area contributed by atoms with Crippen LogP contribution in [0, 0.1) is 43.4 Å². The van der Waals surface area contributed by atoms with E-state index in [0.717, 1.165) is 22.4 Å². The van der Waals surface area contributed by atoms with Crippen molar-refractivity contribution < 1.29 is 0 Å². The van der Waals surface area contributed by atoms with Crippen LogP contribution in [-0.2, 0) is 19.5 Å². The predicted molar refractivity (Wildman–Crippen MR) is 125 cm³/mol. The van der Waals surface area contributed by atoms with Crippen LogP contribution in [0.3, 0.4) is 0 Å². The number of hydrogen-bond donors (Lipinski definition) is 0. The standard InChI is InChI=1S/C28H27N3/c1-21-4-10-24(11-5-21)16-28(27(17-29)18-30)31(19-25-12-6-22(2)7-13-25)20-26-14-8-23(3)9-15-26/h4-15H,16,19-20H2,1-3H3. The number of benzene rings is 3. The highest BCUT2D eigenvalue weighted by Crippen LogP contribution is 2.23. The summed E-state index contributed by atoms with van der Waals surface area (Å²) in [5.74, 6) is 0. The minimum Gasteiger partial charge on any atom is -0.364 e. The Labute approximate surface area is 185 Å². The van der Waals surface area contributed by atoms with E-state index in [0.29, 0.717) is 19.5 Å². The Balaban J connectivity index is 2.02. The molecule has 0 bridgehead atoms. The highest BCUT2D eigenvalue weighted by molar-refractivity contribution is 5.42. The van der Waals surface area contributed by atoms with Crippen LogP contribution in [-0.4, -0.2) is 4.90 Å². The molecule has 0 spiro atoms. The Hall–Kier alpha value is -3.82. The summed E-state index contributed by atoms with van der Waals surface area (Å²) in [6.07, 6.45) is 0.536. The largest absolute Gasteiger partial charge is 0.364 e. The Morgan fingerprint density at radius 3 is 1.32 bits per heavy atom. The third kappa shape index (κ3) is 6.08. The zero-order valence-corrected chi connectivity index (χ0v) is 18.4. The van der Waals surface area contributed by atoms with E-state index >= 15 is 0 Å². The van der Waals surface area contributed by atoms with Gasteiger partial charge < -0.3 is 4.90 Å². The first kappa shape index (κ1) is 21.9. The normalized spacial score (nSPS) is 10.1. The van der Waals surface area contributed by atoms with Gasteiger partial charge in [0.05, 0.1) is 0 Å². The van der Waals surface area contributed by atoms with E-state index in [9.17, 15) is 10.5 Å². The van der Waals surface area contributed by atoms with Crippen LogP contribution in [0.2, 0.25) is 0 Å². The van der Waals surface area contributed by atoms with Crippen LogP contribution in [0.4, 0.5) is 0 Å². The minimum absolute atomic E-state index is 0.166. The summed E-state index contributed by atoms with van der Waals surface area (Å²) in [6, 6.07) is 29.3. The molecule has 0 saturated carbocycles. The van der Waals surface area contributed by atoms with Gasteiger partial charge >= 0.3 is 0 Å². The van der Waals surface area contributed by atoms with Crippen molar-refractivity contribution in [2.75, 3.05) is 0 Å². The lowest BCUT2D eigenvalue weighted by Crippen LogP contribution is -2.25. The van der Waals surface area contributed by atoms with Crippen LogP contribution in [0.15, 0.2) is 84.1 Å². The fourth-order valence-corrected chi connectivity index (χ4v) is 3.49. The highest BCUT2D eigenvalue weighted by Gasteiger charge is 2.17. The third-order valence-electron chi connectivity index (χ3n) is 5.37. The average Bonchev–Trinajstić information content (AvgIpc) is 2.78. The summed E-state index contributed by atoms with van der Waals surface area (Å²) in [5, 5.41) is 19.4. The molecule has 3 nitrogen and oxygen atoms in total. The summed E-state index contributed by atoms with van der Waals surface area (Å²) in [5.41, 5.74) is 7.91. The molecule has 0 radical (unpaired) electrons. The summed E-state index contributed by atoms with van der Waals surface area (Å²) >= 11 is 0. The van der Waals surface area contributed by atoms with Gasteiger partial charge in [0.25, 0.3) is 0 Å². The van der Waals surface area contributed by atoms with Crippen molar-refractivity contribution in [1.29, 1.82) is 10.5 Å². The fraction of sp³-hybridized carbons (Fsp3) is 0.214. The van der Waals surface area contributed by atoms with Crippen molar-refractivity contribution in [3.05, 3.63) is 117 Å². The van der Waals surface area contributed by atoms with Crippen LogP contribution in [0.25, 0.3) is 0 Å². The van der Waals surface area contributed by atoms with Crippen LogP contribution < -0.4 is 0 Å². The summed E-state index contributed by atoms with van der Waals surface area (Å²) in [6.45, 7) is 7.45. The van der Waals surface area contributed by atoms with Crippen molar-refractivity contribution in [2.45, 2.75) is 40.3 Å². The lowest BCUT2D eigenvalue weighted by Gasteiger charge is -2.28. The molecule has 0 aromatic heterocycles. The summed E-state index contributed by atoms with van der Waals surface area (Å²) in [7, 11) is 0. The minimum atomic E-state index is 0.166. The Morgan fingerprint density at radius 1 is 0.613 bits per heavy atom. The second-order valence-electron chi connectivity index (χ2n) is 8.03. The van der Waals surface area contributed by atoms with Gasteiger partial charge in [0.15, 0.2) is 0 Å². The molecule has 3 aromatic carbocycles. The Bertz CT molecular complexity index is 1060. The van der Waals surface area contributed by atoms with E-state index in [-0.39, 0.29) is 5.57 Å². The number of nitriles is 2. The fourth-order valence-electron chi connectivity index (χ4n) is 3.49. The molecule has 0 aliphatic heterocycles. The summed E-state index contributed by atoms with van der Waals surface area (Å²) < 4.78 is 0. The molecule has 0 saturated heterocycles. The topological polar surface area (TPSA) is 50.8 Å². The molecule has 3 rings (SSSR count). The SMILES string of the molecule is Cc1ccc(CC(=C(C#N)C#N)N(Cc2ccc(C)cc2)Cc2ccc(C)cc2)cc1. The van der Waals surface area contributed by atoms with Gasteiger partial charge in [0, 0.05) is 25.2 Å². The second-order valence-corrected chi connectivity index (χ2v) is 8.03. The molecule has 0 aliphatic rings. The molecule has 0 fully saturated rings. The maximum absolute atomic E-state index is 9.72. The zero-order chi connectivity index (χ0) is 22.2. The molecule has 0 aliphatic carbocycles. The molecular weight excluding hydrogens is 378 g/mol. The molecule has 154 valence electrons. The Morgan fingerprint density at radius 2 is 0.968 bits per heavy atom. The quantitative estimate of drug-likeness (QED) is 0.442. The first-order valence-corrected chi connectivity index (χ1v) is 10.4. The number of aryl methyl sites for hydroxylation is 3. The molecule has 0 N–H and O–H groups in total. The van der Waals surface area contributed by atoms with Gasteiger partial charge in [0.2, 0.25) is 0 Å². The summed E-state index contributed by atoms with van der Waals surface area (Å²) in [4.78, 5) is 2.16. The van der Waals surface area contributed by atoms with Gasteiger partial charge in [-0.3, -0.25) is 0 Å². The predicted octanol–water partition coefficient (Wildman–Crippen LogP) is 6.16. The van der Waals surface area contributed by atoms with E-state index < -0.39 is 0 Å². The lowest BCUT2D eigenvalue weighted by atomic mass is 10.0. The van der Waals surface area contributed by atoms with Crippen molar-refractivity contribution in [3.63, 3.8) is 0 Å². The first-order chi connectivity index (χ1) is 15.0. The van der Waals surface area contributed by atoms with Crippen molar-refractivity contribution >= 4 is 0 Å². The van der Waals surface area contributed by atoms with E-state index in [1.807, 2.05) is 0 Å². The third-order valence-corrected chi connectivity index (χ3v) is 5.37. The van der Waals surface area contributed by atoms with E-state index in [1.165, 1.54) is 16.7 Å². The first-order valence-electron chi connectivity index (χ1n) is 10.4. The van der Waals surface area contributed by atoms with E-state index in [4.69, 9.17) is 0 Å². The van der Waals surface area contributed by atoms with Crippen LogP contribution >= 0.6 is 0 Å². The van der Waals surface area contributed by atoms with Crippen molar-refractivity contribution in [1.82, 2.24) is 4.90 Å². The molecule has 0 heterocycles. The number of rotatable bonds is 7. The smallest absolute Gasteiger partial charge is 0.149 e. The van der Waals surface area contributed by atoms with Gasteiger partial charge in [-0.15, -0.1) is 0 Å². The maximum atomic E-state index is 9.72. The monoisotopic (exact) mass is 405 g/mol.